The fraction of sp³-hybridized carbons (Fsp3) is 0.200. The molecule has 0 bridgehead atoms. The number of hydrogen-bond donors (Lipinski definition) is 2. The van der Waals surface area contributed by atoms with Crippen molar-refractivity contribution in [2.75, 3.05) is 5.43 Å². The Kier molecular flexibility index (Phi) is 4.63. The molecule has 26 heavy (non-hydrogen) atoms. The molecule has 2 N–H and O–H groups in total. The Bertz CT molecular complexity index is 1120. The van der Waals surface area contributed by atoms with E-state index in [1.807, 2.05) is 0 Å². The van der Waals surface area contributed by atoms with Crippen molar-refractivity contribution in [3.8, 4) is 0 Å². The third-order valence-electron chi connectivity index (χ3n) is 3.77. The zero-order valence-corrected chi connectivity index (χ0v) is 14.4. The topological polar surface area (TPSA) is 128 Å². The zero-order chi connectivity index (χ0) is 18.8. The molecule has 0 aliphatic heterocycles. The molecule has 0 saturated heterocycles. The number of fused-ring (bicyclic) bond motifs is 1. The van der Waals surface area contributed by atoms with Gasteiger partial charge in [0.15, 0.2) is 4.77 Å². The number of hydrogen-bond acceptors (Lipinski definition) is 6. The summed E-state index contributed by atoms with van der Waals surface area (Å²) in [5, 5.41) is 14.9. The summed E-state index contributed by atoms with van der Waals surface area (Å²) in [5.41, 5.74) is 2.44. The number of aromatic amines is 1. The van der Waals surface area contributed by atoms with Gasteiger partial charge in [0.2, 0.25) is 5.91 Å². The van der Waals surface area contributed by atoms with Crippen molar-refractivity contribution in [3.05, 3.63) is 61.9 Å². The highest BCUT2D eigenvalue weighted by Crippen LogP contribution is 2.10. The summed E-state index contributed by atoms with van der Waals surface area (Å²) in [6.07, 6.45) is 2.34. The molecule has 1 atom stereocenters. The van der Waals surface area contributed by atoms with Crippen LogP contribution in [0.3, 0.4) is 0 Å². The maximum absolute atomic E-state index is 12.5. The standard InChI is InChI=1S/C15H14N6O4S/c1-9(7-19-8-10(6-16-19)21(24)25)13(22)18-20-14(23)11-4-2-3-5-12(11)17-15(20)26/h2-6,8-9H,7H2,1H3,(H,17,26)(H,18,22)/t9-/m0/s1. The van der Waals surface area contributed by atoms with Crippen LogP contribution in [0, 0.1) is 20.8 Å². The van der Waals surface area contributed by atoms with Gasteiger partial charge < -0.3 is 4.98 Å². The van der Waals surface area contributed by atoms with Gasteiger partial charge in [0.1, 0.15) is 12.4 Å². The van der Waals surface area contributed by atoms with Crippen LogP contribution in [0.25, 0.3) is 10.9 Å². The average Bonchev–Trinajstić information content (AvgIpc) is 3.07. The number of carbonyl (C=O) groups is 1. The molecule has 0 unspecified atom stereocenters. The van der Waals surface area contributed by atoms with Gasteiger partial charge in [-0.05, 0) is 24.4 Å². The number of benzene rings is 1. The van der Waals surface area contributed by atoms with Gasteiger partial charge >= 0.3 is 5.69 Å². The summed E-state index contributed by atoms with van der Waals surface area (Å²) in [4.78, 5) is 37.9. The Morgan fingerprint density at radius 1 is 1.46 bits per heavy atom. The van der Waals surface area contributed by atoms with E-state index in [1.54, 1.807) is 31.2 Å². The van der Waals surface area contributed by atoms with E-state index in [-0.39, 0.29) is 17.0 Å². The number of aromatic nitrogens is 4. The summed E-state index contributed by atoms with van der Waals surface area (Å²) in [6, 6.07) is 6.81. The van der Waals surface area contributed by atoms with Crippen LogP contribution in [0.2, 0.25) is 0 Å². The number of rotatable bonds is 5. The predicted octanol–water partition coefficient (Wildman–Crippen LogP) is 1.57. The third-order valence-corrected chi connectivity index (χ3v) is 4.05. The Balaban J connectivity index is 1.81. The van der Waals surface area contributed by atoms with E-state index in [0.717, 1.165) is 10.9 Å². The summed E-state index contributed by atoms with van der Waals surface area (Å²) >= 11 is 5.13. The molecule has 0 saturated carbocycles. The second kappa shape index (κ2) is 6.88. The molecule has 0 aliphatic rings. The fourth-order valence-corrected chi connectivity index (χ4v) is 2.63. The van der Waals surface area contributed by atoms with Crippen LogP contribution < -0.4 is 11.0 Å². The molecule has 0 aliphatic carbocycles. The molecule has 3 rings (SSSR count). The number of H-pyrrole nitrogens is 1. The zero-order valence-electron chi connectivity index (χ0n) is 13.6. The quantitative estimate of drug-likeness (QED) is 0.396. The lowest BCUT2D eigenvalue weighted by molar-refractivity contribution is -0.385. The largest absolute Gasteiger partial charge is 0.330 e. The highest BCUT2D eigenvalue weighted by molar-refractivity contribution is 7.71. The number of para-hydroxylation sites is 1. The summed E-state index contributed by atoms with van der Waals surface area (Å²) in [6.45, 7) is 1.72. The summed E-state index contributed by atoms with van der Waals surface area (Å²) in [5.74, 6) is -1.08. The van der Waals surface area contributed by atoms with Gasteiger partial charge in [0.05, 0.1) is 28.3 Å². The van der Waals surface area contributed by atoms with Crippen LogP contribution in [-0.2, 0) is 11.3 Å². The van der Waals surface area contributed by atoms with Crippen molar-refractivity contribution in [1.82, 2.24) is 19.4 Å². The van der Waals surface area contributed by atoms with Gasteiger partial charge in [0, 0.05) is 0 Å². The van der Waals surface area contributed by atoms with Crippen molar-refractivity contribution in [2.45, 2.75) is 13.5 Å². The van der Waals surface area contributed by atoms with Crippen LogP contribution in [0.4, 0.5) is 5.69 Å². The van der Waals surface area contributed by atoms with E-state index in [4.69, 9.17) is 12.2 Å². The smallest absolute Gasteiger partial charge is 0.306 e. The van der Waals surface area contributed by atoms with Crippen LogP contribution in [0.1, 0.15) is 6.92 Å². The number of nitrogens with zero attached hydrogens (tertiary/aromatic N) is 4. The van der Waals surface area contributed by atoms with Crippen LogP contribution >= 0.6 is 12.2 Å². The molecule has 10 nitrogen and oxygen atoms in total. The average molecular weight is 374 g/mol. The van der Waals surface area contributed by atoms with E-state index in [9.17, 15) is 19.7 Å². The van der Waals surface area contributed by atoms with Gasteiger partial charge in [-0.3, -0.25) is 29.8 Å². The first kappa shape index (κ1) is 17.5. The van der Waals surface area contributed by atoms with Crippen molar-refractivity contribution >= 4 is 34.7 Å². The first-order chi connectivity index (χ1) is 12.4. The first-order valence-corrected chi connectivity index (χ1v) is 7.99. The lowest BCUT2D eigenvalue weighted by atomic mass is 10.2. The molecule has 134 valence electrons. The number of amides is 1. The molecule has 2 aromatic heterocycles. The number of nitrogens with one attached hydrogen (secondary N) is 2. The van der Waals surface area contributed by atoms with E-state index < -0.39 is 22.3 Å². The molecule has 0 radical (unpaired) electrons. The minimum Gasteiger partial charge on any atom is -0.330 e. The molecule has 1 amide bonds. The monoisotopic (exact) mass is 374 g/mol. The third kappa shape index (κ3) is 3.37. The first-order valence-electron chi connectivity index (χ1n) is 7.58. The van der Waals surface area contributed by atoms with Crippen molar-refractivity contribution in [3.63, 3.8) is 0 Å². The molecule has 0 spiro atoms. The van der Waals surface area contributed by atoms with E-state index in [0.29, 0.717) is 10.9 Å². The molecule has 3 aromatic rings. The SMILES string of the molecule is C[C@@H](Cn1cc([N+](=O)[O-])cn1)C(=O)Nn1c(=S)[nH]c2ccccc2c1=O. The lowest BCUT2D eigenvalue weighted by Crippen LogP contribution is -2.38. The van der Waals surface area contributed by atoms with Gasteiger partial charge in [-0.25, -0.2) is 0 Å². The van der Waals surface area contributed by atoms with Crippen molar-refractivity contribution in [1.29, 1.82) is 0 Å². The normalized spacial score (nSPS) is 12.0. The second-order valence-electron chi connectivity index (χ2n) is 5.67. The van der Waals surface area contributed by atoms with E-state index in [1.165, 1.54) is 10.9 Å². The van der Waals surface area contributed by atoms with Crippen molar-refractivity contribution < 1.29 is 9.72 Å². The van der Waals surface area contributed by atoms with Gasteiger partial charge in [-0.2, -0.15) is 9.77 Å². The van der Waals surface area contributed by atoms with Crippen LogP contribution in [-0.4, -0.2) is 30.3 Å². The molecular weight excluding hydrogens is 360 g/mol. The highest BCUT2D eigenvalue weighted by Gasteiger charge is 2.18. The lowest BCUT2D eigenvalue weighted by Gasteiger charge is -2.14. The predicted molar refractivity (Wildman–Crippen MR) is 95.8 cm³/mol. The number of nitro groups is 1. The van der Waals surface area contributed by atoms with E-state index in [2.05, 4.69) is 15.5 Å². The highest BCUT2D eigenvalue weighted by atomic mass is 32.1. The molecule has 11 heteroatoms. The maximum atomic E-state index is 12.5. The molecule has 1 aromatic carbocycles. The van der Waals surface area contributed by atoms with Gasteiger partial charge in [-0.1, -0.05) is 19.1 Å². The molecule has 0 fully saturated rings. The molecule has 2 heterocycles. The van der Waals surface area contributed by atoms with Crippen LogP contribution in [0.5, 0.6) is 0 Å². The minimum atomic E-state index is -0.609. The van der Waals surface area contributed by atoms with E-state index >= 15 is 0 Å². The Morgan fingerprint density at radius 3 is 2.88 bits per heavy atom. The molecular formula is C15H14N6O4S. The van der Waals surface area contributed by atoms with Crippen LogP contribution in [0.15, 0.2) is 41.5 Å². The van der Waals surface area contributed by atoms with Gasteiger partial charge in [-0.15, -0.1) is 0 Å². The second-order valence-corrected chi connectivity index (χ2v) is 6.06. The Morgan fingerprint density at radius 2 is 2.19 bits per heavy atom. The summed E-state index contributed by atoms with van der Waals surface area (Å²) < 4.78 is 2.33. The maximum Gasteiger partial charge on any atom is 0.306 e. The van der Waals surface area contributed by atoms with Crippen molar-refractivity contribution in [2.24, 2.45) is 5.92 Å². The minimum absolute atomic E-state index is 0.0592. The Labute approximate surface area is 151 Å². The van der Waals surface area contributed by atoms with Gasteiger partial charge in [0.25, 0.3) is 5.56 Å². The summed E-state index contributed by atoms with van der Waals surface area (Å²) in [7, 11) is 0. The fourth-order valence-electron chi connectivity index (χ4n) is 2.39. The Hall–Kier alpha value is -3.34. The number of carbonyl (C=O) groups excluding carboxylic acids is 1.